The van der Waals surface area contributed by atoms with Gasteiger partial charge in [-0.3, -0.25) is 9.59 Å². The highest BCUT2D eigenvalue weighted by molar-refractivity contribution is 7.98. The van der Waals surface area contributed by atoms with Crippen molar-refractivity contribution in [3.05, 3.63) is 53.5 Å². The minimum Gasteiger partial charge on any atom is -0.469 e. The van der Waals surface area contributed by atoms with Crippen LogP contribution in [0.2, 0.25) is 0 Å². The van der Waals surface area contributed by atoms with Gasteiger partial charge in [-0.25, -0.2) is 0 Å². The maximum absolute atomic E-state index is 12.3. The van der Waals surface area contributed by atoms with Gasteiger partial charge in [0.1, 0.15) is 0 Å². The fourth-order valence-electron chi connectivity index (χ4n) is 2.17. The summed E-state index contributed by atoms with van der Waals surface area (Å²) in [7, 11) is 1.33. The number of esters is 1. The summed E-state index contributed by atoms with van der Waals surface area (Å²) in [6, 6.07) is 8.94. The molecule has 0 aliphatic carbocycles. The van der Waals surface area contributed by atoms with Crippen molar-refractivity contribution in [2.45, 2.75) is 24.3 Å². The van der Waals surface area contributed by atoms with E-state index in [0.29, 0.717) is 0 Å². The van der Waals surface area contributed by atoms with Crippen LogP contribution in [0.1, 0.15) is 34.1 Å². The van der Waals surface area contributed by atoms with E-state index in [9.17, 15) is 9.59 Å². The zero-order valence-corrected chi connectivity index (χ0v) is 14.1. The first-order valence-corrected chi connectivity index (χ1v) is 8.33. The molecular formula is C17H19NO4S. The Bertz CT molecular complexity index is 678. The van der Waals surface area contributed by atoms with Crippen LogP contribution >= 0.6 is 11.8 Å². The van der Waals surface area contributed by atoms with Crippen LogP contribution in [-0.4, -0.2) is 25.2 Å². The number of thioether (sulfide) groups is 1. The van der Waals surface area contributed by atoms with Crippen molar-refractivity contribution in [2.24, 2.45) is 0 Å². The number of amides is 1. The Balaban J connectivity index is 2.21. The molecule has 0 aliphatic heterocycles. The second kappa shape index (κ2) is 7.87. The molecule has 1 N–H and O–H groups in total. The van der Waals surface area contributed by atoms with Crippen LogP contribution in [-0.2, 0) is 9.53 Å². The van der Waals surface area contributed by atoms with Gasteiger partial charge in [0.05, 0.1) is 25.8 Å². The first-order valence-electron chi connectivity index (χ1n) is 7.11. The van der Waals surface area contributed by atoms with Crippen molar-refractivity contribution in [3.8, 4) is 0 Å². The minimum atomic E-state index is -0.477. The Morgan fingerprint density at radius 3 is 2.48 bits per heavy atom. The summed E-state index contributed by atoms with van der Waals surface area (Å²) in [5.41, 5.74) is 1.59. The van der Waals surface area contributed by atoms with E-state index in [1.165, 1.54) is 13.4 Å². The molecule has 122 valence electrons. The maximum Gasteiger partial charge on any atom is 0.307 e. The van der Waals surface area contributed by atoms with E-state index in [-0.39, 0.29) is 24.1 Å². The Morgan fingerprint density at radius 2 is 1.96 bits per heavy atom. The summed E-state index contributed by atoms with van der Waals surface area (Å²) in [5, 5.41) is 2.84. The van der Waals surface area contributed by atoms with Crippen molar-refractivity contribution in [1.82, 2.24) is 5.32 Å². The summed E-state index contributed by atoms with van der Waals surface area (Å²) in [5.74, 6) is -0.489. The molecule has 0 spiro atoms. The van der Waals surface area contributed by atoms with Crippen LogP contribution < -0.4 is 5.32 Å². The molecule has 6 heteroatoms. The van der Waals surface area contributed by atoms with Crippen LogP contribution in [0.4, 0.5) is 0 Å². The van der Waals surface area contributed by atoms with Crippen LogP contribution in [0.15, 0.2) is 45.9 Å². The van der Waals surface area contributed by atoms with Gasteiger partial charge >= 0.3 is 5.97 Å². The number of hydrogen-bond donors (Lipinski definition) is 1. The lowest BCUT2D eigenvalue weighted by molar-refractivity contribution is -0.141. The predicted molar refractivity (Wildman–Crippen MR) is 88.5 cm³/mol. The smallest absolute Gasteiger partial charge is 0.307 e. The highest BCUT2D eigenvalue weighted by Crippen LogP contribution is 2.22. The van der Waals surface area contributed by atoms with Gasteiger partial charge in [-0.2, -0.15) is 0 Å². The number of carbonyl (C=O) groups is 2. The number of rotatable bonds is 6. The Morgan fingerprint density at radius 1 is 1.26 bits per heavy atom. The second-order valence-electron chi connectivity index (χ2n) is 5.01. The molecule has 2 aromatic rings. The van der Waals surface area contributed by atoms with E-state index in [0.717, 1.165) is 16.0 Å². The van der Waals surface area contributed by atoms with Gasteiger partial charge < -0.3 is 14.5 Å². The van der Waals surface area contributed by atoms with Crippen LogP contribution in [0.5, 0.6) is 0 Å². The van der Waals surface area contributed by atoms with E-state index < -0.39 is 6.04 Å². The zero-order chi connectivity index (χ0) is 16.8. The highest BCUT2D eigenvalue weighted by atomic mass is 32.2. The van der Waals surface area contributed by atoms with E-state index in [2.05, 4.69) is 5.32 Å². The maximum atomic E-state index is 12.3. The van der Waals surface area contributed by atoms with Gasteiger partial charge in [-0.1, -0.05) is 12.1 Å². The van der Waals surface area contributed by atoms with Gasteiger partial charge in [-0.05, 0) is 36.9 Å². The minimum absolute atomic E-state index is 0.0562. The quantitative estimate of drug-likeness (QED) is 0.648. The van der Waals surface area contributed by atoms with E-state index >= 15 is 0 Å². The molecular weight excluding hydrogens is 314 g/mol. The number of nitrogens with one attached hydrogen (secondary N) is 1. The average Bonchev–Trinajstić information content (AvgIpc) is 3.00. The van der Waals surface area contributed by atoms with Crippen LogP contribution in [0, 0.1) is 6.92 Å². The van der Waals surface area contributed by atoms with Gasteiger partial charge in [0.25, 0.3) is 5.91 Å². The number of methoxy groups -OCH3 is 1. The Labute approximate surface area is 139 Å². The van der Waals surface area contributed by atoms with Crippen molar-refractivity contribution >= 4 is 23.6 Å². The van der Waals surface area contributed by atoms with Gasteiger partial charge in [0, 0.05) is 10.5 Å². The van der Waals surface area contributed by atoms with Gasteiger partial charge in [-0.15, -0.1) is 11.8 Å². The molecule has 0 saturated heterocycles. The van der Waals surface area contributed by atoms with Crippen molar-refractivity contribution in [1.29, 1.82) is 0 Å². The summed E-state index contributed by atoms with van der Waals surface area (Å²) >= 11 is 1.63. The third-order valence-corrected chi connectivity index (χ3v) is 4.23. The van der Waals surface area contributed by atoms with Crippen molar-refractivity contribution in [2.75, 3.05) is 13.4 Å². The van der Waals surface area contributed by atoms with Gasteiger partial charge in [0.2, 0.25) is 0 Å². The first-order chi connectivity index (χ1) is 11.0. The summed E-state index contributed by atoms with van der Waals surface area (Å²) in [6.07, 6.45) is 3.51. The number of furan rings is 1. The predicted octanol–water partition coefficient (Wildman–Crippen LogP) is 3.34. The zero-order valence-electron chi connectivity index (χ0n) is 13.3. The topological polar surface area (TPSA) is 68.5 Å². The Hall–Kier alpha value is -2.21. The molecule has 0 bridgehead atoms. The summed E-state index contributed by atoms with van der Waals surface area (Å²) in [6.45, 7) is 1.79. The van der Waals surface area contributed by atoms with Gasteiger partial charge in [0.15, 0.2) is 5.76 Å². The lowest BCUT2D eigenvalue weighted by Crippen LogP contribution is -2.30. The molecule has 0 aliphatic rings. The van der Waals surface area contributed by atoms with E-state index in [1.807, 2.05) is 30.5 Å². The number of hydrogen-bond acceptors (Lipinski definition) is 5. The molecule has 1 heterocycles. The Kier molecular flexibility index (Phi) is 5.87. The molecule has 0 saturated carbocycles. The first kappa shape index (κ1) is 17.1. The third kappa shape index (κ3) is 4.39. The monoisotopic (exact) mass is 333 g/mol. The molecule has 0 radical (unpaired) electrons. The molecule has 5 nitrogen and oxygen atoms in total. The van der Waals surface area contributed by atoms with Crippen LogP contribution in [0.25, 0.3) is 0 Å². The van der Waals surface area contributed by atoms with Crippen molar-refractivity contribution < 1.29 is 18.7 Å². The normalized spacial score (nSPS) is 11.8. The molecule has 1 aromatic carbocycles. The van der Waals surface area contributed by atoms with Crippen LogP contribution in [0.3, 0.4) is 0 Å². The summed E-state index contributed by atoms with van der Waals surface area (Å²) in [4.78, 5) is 25.1. The number of ether oxygens (including phenoxy) is 1. The highest BCUT2D eigenvalue weighted by Gasteiger charge is 2.22. The number of aryl methyl sites for hydroxylation is 1. The molecule has 0 fully saturated rings. The van der Waals surface area contributed by atoms with E-state index in [4.69, 9.17) is 9.15 Å². The molecule has 2 rings (SSSR count). The second-order valence-corrected chi connectivity index (χ2v) is 5.89. The van der Waals surface area contributed by atoms with E-state index in [1.54, 1.807) is 24.8 Å². The third-order valence-electron chi connectivity index (χ3n) is 3.49. The standard InChI is InChI=1S/C17H19NO4S/c1-11-8-9-22-16(11)17(20)18-14(10-15(19)21-2)12-4-6-13(23-3)7-5-12/h4-9,14H,10H2,1-3H3,(H,18,20). The number of benzene rings is 1. The molecule has 1 aromatic heterocycles. The molecule has 1 unspecified atom stereocenters. The lowest BCUT2D eigenvalue weighted by atomic mass is 10.0. The summed E-state index contributed by atoms with van der Waals surface area (Å²) < 4.78 is 9.92. The molecule has 1 atom stereocenters. The molecule has 23 heavy (non-hydrogen) atoms. The lowest BCUT2D eigenvalue weighted by Gasteiger charge is -2.18. The fraction of sp³-hybridized carbons (Fsp3) is 0.294. The fourth-order valence-corrected chi connectivity index (χ4v) is 2.58. The SMILES string of the molecule is COC(=O)CC(NC(=O)c1occc1C)c1ccc(SC)cc1. The number of carbonyl (C=O) groups excluding carboxylic acids is 2. The average molecular weight is 333 g/mol. The largest absolute Gasteiger partial charge is 0.469 e. The van der Waals surface area contributed by atoms with Crippen molar-refractivity contribution in [3.63, 3.8) is 0 Å². The molecule has 1 amide bonds.